The summed E-state index contributed by atoms with van der Waals surface area (Å²) < 4.78 is 8.27. The van der Waals surface area contributed by atoms with E-state index in [9.17, 15) is 19.2 Å². The quantitative estimate of drug-likeness (QED) is 0.438. The normalized spacial score (nSPS) is 14.8. The van der Waals surface area contributed by atoms with Gasteiger partial charge in [-0.25, -0.2) is 9.59 Å². The van der Waals surface area contributed by atoms with Crippen LogP contribution >= 0.6 is 0 Å². The number of esters is 4. The number of ether oxygens (including phenoxy) is 2. The first-order chi connectivity index (χ1) is 6.49. The van der Waals surface area contributed by atoms with E-state index < -0.39 is 30.3 Å². The van der Waals surface area contributed by atoms with E-state index in [-0.39, 0.29) is 5.57 Å². The summed E-state index contributed by atoms with van der Waals surface area (Å²) in [5, 5.41) is 0. The van der Waals surface area contributed by atoms with Crippen molar-refractivity contribution in [2.24, 2.45) is 0 Å². The van der Waals surface area contributed by atoms with E-state index in [1.165, 1.54) is 0 Å². The van der Waals surface area contributed by atoms with Gasteiger partial charge in [0.15, 0.2) is 0 Å². The molecular weight excluding hydrogens is 192 g/mol. The number of carbonyl (C=O) groups excluding carboxylic acids is 4. The molecule has 1 aliphatic rings. The fourth-order valence-corrected chi connectivity index (χ4v) is 0.863. The topological polar surface area (TPSA) is 86.7 Å². The van der Waals surface area contributed by atoms with Crippen molar-refractivity contribution in [1.82, 2.24) is 0 Å². The summed E-state index contributed by atoms with van der Waals surface area (Å²) in [4.78, 5) is 42.5. The average molecular weight is 198 g/mol. The van der Waals surface area contributed by atoms with E-state index in [1.807, 2.05) is 0 Å². The zero-order valence-corrected chi connectivity index (χ0v) is 7.23. The van der Waals surface area contributed by atoms with E-state index in [2.05, 4.69) is 9.47 Å². The zero-order chi connectivity index (χ0) is 10.7. The first kappa shape index (κ1) is 10.1. The van der Waals surface area contributed by atoms with Crippen LogP contribution in [0.1, 0.15) is 13.3 Å². The lowest BCUT2D eigenvalue weighted by Gasteiger charge is -1.97. The van der Waals surface area contributed by atoms with Crippen molar-refractivity contribution in [1.29, 1.82) is 0 Å². The monoisotopic (exact) mass is 198 g/mol. The summed E-state index contributed by atoms with van der Waals surface area (Å²) in [6, 6.07) is 0. The van der Waals surface area contributed by atoms with Gasteiger partial charge in [-0.05, 0) is 0 Å². The third-order valence-corrected chi connectivity index (χ3v) is 1.34. The maximum atomic E-state index is 10.9. The molecule has 0 fully saturated rings. The maximum Gasteiger partial charge on any atom is 0.342 e. The van der Waals surface area contributed by atoms with Crippen molar-refractivity contribution >= 4 is 23.9 Å². The molecule has 0 aromatic heterocycles. The highest BCUT2D eigenvalue weighted by Gasteiger charge is 2.26. The first-order valence-corrected chi connectivity index (χ1v) is 3.67. The summed E-state index contributed by atoms with van der Waals surface area (Å²) in [5.74, 6) is -3.36. The zero-order valence-electron chi connectivity index (χ0n) is 7.23. The molecule has 1 heterocycles. The Kier molecular flexibility index (Phi) is 2.76. The van der Waals surface area contributed by atoms with Gasteiger partial charge in [-0.1, -0.05) is 0 Å². The van der Waals surface area contributed by atoms with E-state index in [0.717, 1.165) is 13.0 Å². The van der Waals surface area contributed by atoms with Gasteiger partial charge in [-0.3, -0.25) is 9.59 Å². The Labute approximate surface area is 78.5 Å². The molecule has 6 nitrogen and oxygen atoms in total. The van der Waals surface area contributed by atoms with Crippen LogP contribution in [0.5, 0.6) is 0 Å². The summed E-state index contributed by atoms with van der Waals surface area (Å²) in [7, 11) is 0. The third-order valence-electron chi connectivity index (χ3n) is 1.34. The second-order valence-electron chi connectivity index (χ2n) is 2.52. The van der Waals surface area contributed by atoms with Crippen molar-refractivity contribution in [3.8, 4) is 0 Å². The van der Waals surface area contributed by atoms with Crippen molar-refractivity contribution in [3.63, 3.8) is 0 Å². The summed E-state index contributed by atoms with van der Waals surface area (Å²) in [5.41, 5.74) is -0.110. The fourth-order valence-electron chi connectivity index (χ4n) is 0.863. The van der Waals surface area contributed by atoms with Crippen LogP contribution in [0.15, 0.2) is 11.6 Å². The van der Waals surface area contributed by atoms with E-state index in [4.69, 9.17) is 0 Å². The number of hydrogen-bond acceptors (Lipinski definition) is 6. The van der Waals surface area contributed by atoms with Crippen molar-refractivity contribution in [2.45, 2.75) is 13.3 Å². The van der Waals surface area contributed by atoms with Crippen LogP contribution in [0.2, 0.25) is 0 Å². The molecular formula is C8H6O6. The van der Waals surface area contributed by atoms with Crippen LogP contribution in [0.25, 0.3) is 0 Å². The Morgan fingerprint density at radius 3 is 2.50 bits per heavy atom. The number of rotatable bonds is 2. The van der Waals surface area contributed by atoms with Gasteiger partial charge in [0.2, 0.25) is 0 Å². The molecule has 0 amide bonds. The van der Waals surface area contributed by atoms with Gasteiger partial charge in [0, 0.05) is 13.0 Å². The molecule has 0 bridgehead atoms. The van der Waals surface area contributed by atoms with Gasteiger partial charge in [0.25, 0.3) is 0 Å². The maximum absolute atomic E-state index is 10.9. The molecule has 14 heavy (non-hydrogen) atoms. The molecule has 0 aliphatic carbocycles. The molecule has 0 aromatic rings. The lowest BCUT2D eigenvalue weighted by atomic mass is 10.2. The molecule has 1 aliphatic heterocycles. The standard InChI is InChI=1S/C8H6O6/c1-4(9)13-6(10)2-5-3-7(11)14-8(5)12/h3H,2H2,1H3. The average Bonchev–Trinajstić information content (AvgIpc) is 2.28. The smallest absolute Gasteiger partial charge is 0.342 e. The highest BCUT2D eigenvalue weighted by atomic mass is 16.6. The number of carbonyl (C=O) groups is 4. The van der Waals surface area contributed by atoms with Crippen LogP contribution in [0.4, 0.5) is 0 Å². The van der Waals surface area contributed by atoms with Gasteiger partial charge in [-0.2, -0.15) is 0 Å². The molecule has 0 atom stereocenters. The van der Waals surface area contributed by atoms with Gasteiger partial charge in [-0.15, -0.1) is 0 Å². The Morgan fingerprint density at radius 2 is 2.07 bits per heavy atom. The summed E-state index contributed by atoms with van der Waals surface area (Å²) in [6.45, 7) is 1.06. The van der Waals surface area contributed by atoms with E-state index in [1.54, 1.807) is 0 Å². The molecule has 74 valence electrons. The summed E-state index contributed by atoms with van der Waals surface area (Å²) in [6.07, 6.45) is 0.452. The minimum Gasteiger partial charge on any atom is -0.393 e. The van der Waals surface area contributed by atoms with Crippen LogP contribution in [-0.4, -0.2) is 23.9 Å². The Morgan fingerprint density at radius 1 is 1.43 bits per heavy atom. The molecule has 0 unspecified atom stereocenters. The fraction of sp³-hybridized carbons (Fsp3) is 0.250. The predicted octanol–water partition coefficient (Wildman–Crippen LogP) is -0.524. The van der Waals surface area contributed by atoms with Gasteiger partial charge in [0.1, 0.15) is 0 Å². The van der Waals surface area contributed by atoms with Gasteiger partial charge >= 0.3 is 23.9 Å². The Bertz CT molecular complexity index is 351. The third kappa shape index (κ3) is 2.51. The minimum atomic E-state index is -0.893. The van der Waals surface area contributed by atoms with Crippen LogP contribution in [-0.2, 0) is 28.7 Å². The summed E-state index contributed by atoms with van der Waals surface area (Å²) >= 11 is 0. The molecule has 6 heteroatoms. The molecule has 1 rings (SSSR count). The largest absolute Gasteiger partial charge is 0.393 e. The van der Waals surface area contributed by atoms with Crippen molar-refractivity contribution in [3.05, 3.63) is 11.6 Å². The highest BCUT2D eigenvalue weighted by Crippen LogP contribution is 2.12. The number of cyclic esters (lactones) is 2. The lowest BCUT2D eigenvalue weighted by molar-refractivity contribution is -0.159. The lowest BCUT2D eigenvalue weighted by Crippen LogP contribution is -2.12. The highest BCUT2D eigenvalue weighted by molar-refractivity contribution is 6.10. The first-order valence-electron chi connectivity index (χ1n) is 3.67. The predicted molar refractivity (Wildman–Crippen MR) is 40.6 cm³/mol. The van der Waals surface area contributed by atoms with Crippen molar-refractivity contribution in [2.75, 3.05) is 0 Å². The molecule has 0 saturated carbocycles. The number of hydrogen-bond donors (Lipinski definition) is 0. The van der Waals surface area contributed by atoms with Gasteiger partial charge < -0.3 is 9.47 Å². The minimum absolute atomic E-state index is 0.110. The van der Waals surface area contributed by atoms with Crippen LogP contribution < -0.4 is 0 Å². The second-order valence-corrected chi connectivity index (χ2v) is 2.52. The molecule has 0 saturated heterocycles. The van der Waals surface area contributed by atoms with E-state index >= 15 is 0 Å². The SMILES string of the molecule is CC(=O)OC(=O)CC1=CC(=O)OC1=O. The Hall–Kier alpha value is -1.98. The molecule has 0 N–H and O–H groups in total. The van der Waals surface area contributed by atoms with Crippen LogP contribution in [0.3, 0.4) is 0 Å². The molecule has 0 radical (unpaired) electrons. The second kappa shape index (κ2) is 3.82. The van der Waals surface area contributed by atoms with Crippen LogP contribution in [0, 0.1) is 0 Å². The van der Waals surface area contributed by atoms with Crippen molar-refractivity contribution < 1.29 is 28.7 Å². The van der Waals surface area contributed by atoms with Gasteiger partial charge in [0.05, 0.1) is 12.0 Å². The molecule has 0 aromatic carbocycles. The van der Waals surface area contributed by atoms with E-state index in [0.29, 0.717) is 0 Å². The molecule has 0 spiro atoms. The Balaban J connectivity index is 2.57.